The average molecular weight is 259 g/mol. The molecule has 100 valence electrons. The minimum absolute atomic E-state index is 0.107. The van der Waals surface area contributed by atoms with Crippen LogP contribution < -0.4 is 5.32 Å². The Morgan fingerprint density at radius 1 is 1.42 bits per heavy atom. The van der Waals surface area contributed by atoms with E-state index in [9.17, 15) is 9.59 Å². The van der Waals surface area contributed by atoms with Crippen molar-refractivity contribution in [1.29, 1.82) is 0 Å². The van der Waals surface area contributed by atoms with Gasteiger partial charge in [0.1, 0.15) is 0 Å². The van der Waals surface area contributed by atoms with Crippen LogP contribution in [0.3, 0.4) is 0 Å². The number of carboxylic acid groups (broad SMARTS) is 1. The van der Waals surface area contributed by atoms with Crippen molar-refractivity contribution in [3.63, 3.8) is 0 Å². The summed E-state index contributed by atoms with van der Waals surface area (Å²) in [6, 6.07) is 7.13. The van der Waals surface area contributed by atoms with E-state index in [-0.39, 0.29) is 11.9 Å². The zero-order valence-electron chi connectivity index (χ0n) is 10.8. The van der Waals surface area contributed by atoms with E-state index in [0.717, 1.165) is 6.08 Å². The van der Waals surface area contributed by atoms with E-state index in [4.69, 9.17) is 5.11 Å². The molecule has 0 aromatic heterocycles. The van der Waals surface area contributed by atoms with Crippen molar-refractivity contribution in [2.45, 2.75) is 25.8 Å². The van der Waals surface area contributed by atoms with E-state index in [1.54, 1.807) is 24.3 Å². The minimum atomic E-state index is -1.00. The molecule has 4 heteroatoms. The van der Waals surface area contributed by atoms with Gasteiger partial charge >= 0.3 is 5.97 Å². The number of rotatable bonds is 5. The Morgan fingerprint density at radius 3 is 2.79 bits per heavy atom. The fraction of sp³-hybridized carbons (Fsp3) is 0.333. The molecular weight excluding hydrogens is 242 g/mol. The molecule has 0 radical (unpaired) electrons. The first-order valence-electron chi connectivity index (χ1n) is 6.38. The Labute approximate surface area is 112 Å². The third kappa shape index (κ3) is 3.95. The van der Waals surface area contributed by atoms with Gasteiger partial charge in [0, 0.05) is 17.7 Å². The number of carbonyl (C=O) groups excluding carboxylic acids is 1. The molecule has 1 amide bonds. The standard InChI is InChI=1S/C15H17NO3/c1-10(12-6-7-12)16-15(19)13-4-2-3-11(9-13)5-8-14(17)18/h2-5,8-10,12H,6-7H2,1H3,(H,16,19)(H,17,18). The van der Waals surface area contributed by atoms with Crippen molar-refractivity contribution >= 4 is 18.0 Å². The third-order valence-corrected chi connectivity index (χ3v) is 3.26. The highest BCUT2D eigenvalue weighted by Gasteiger charge is 2.28. The van der Waals surface area contributed by atoms with Gasteiger partial charge in [-0.3, -0.25) is 4.79 Å². The van der Waals surface area contributed by atoms with Crippen molar-refractivity contribution in [1.82, 2.24) is 5.32 Å². The van der Waals surface area contributed by atoms with Gasteiger partial charge in [-0.15, -0.1) is 0 Å². The summed E-state index contributed by atoms with van der Waals surface area (Å²) < 4.78 is 0. The maximum absolute atomic E-state index is 12.0. The molecular formula is C15H17NO3. The molecule has 0 aliphatic heterocycles. The summed E-state index contributed by atoms with van der Waals surface area (Å²) in [6.45, 7) is 2.02. The van der Waals surface area contributed by atoms with E-state index in [2.05, 4.69) is 5.32 Å². The molecule has 1 fully saturated rings. The van der Waals surface area contributed by atoms with Gasteiger partial charge in [0.2, 0.25) is 0 Å². The Kier molecular flexibility index (Phi) is 4.00. The van der Waals surface area contributed by atoms with Gasteiger partial charge in [0.05, 0.1) is 0 Å². The summed E-state index contributed by atoms with van der Waals surface area (Å²) in [6.07, 6.45) is 4.90. The molecule has 1 atom stereocenters. The molecule has 0 spiro atoms. The van der Waals surface area contributed by atoms with Gasteiger partial charge in [0.25, 0.3) is 5.91 Å². The highest BCUT2D eigenvalue weighted by atomic mass is 16.4. The second-order valence-corrected chi connectivity index (χ2v) is 4.90. The molecule has 1 aromatic carbocycles. The van der Waals surface area contributed by atoms with Gasteiger partial charge in [-0.05, 0) is 49.5 Å². The average Bonchev–Trinajstić information content (AvgIpc) is 3.21. The molecule has 1 aliphatic carbocycles. The van der Waals surface area contributed by atoms with Crippen LogP contribution in [-0.4, -0.2) is 23.0 Å². The van der Waals surface area contributed by atoms with Crippen molar-refractivity contribution < 1.29 is 14.7 Å². The number of hydrogen-bond donors (Lipinski definition) is 2. The van der Waals surface area contributed by atoms with Crippen molar-refractivity contribution in [3.05, 3.63) is 41.5 Å². The van der Waals surface area contributed by atoms with Crippen LogP contribution >= 0.6 is 0 Å². The van der Waals surface area contributed by atoms with E-state index in [1.165, 1.54) is 18.9 Å². The van der Waals surface area contributed by atoms with Crippen LogP contribution in [0, 0.1) is 5.92 Å². The van der Waals surface area contributed by atoms with Crippen molar-refractivity contribution in [2.75, 3.05) is 0 Å². The summed E-state index contributed by atoms with van der Waals surface area (Å²) in [4.78, 5) is 22.5. The molecule has 1 aromatic rings. The lowest BCUT2D eigenvalue weighted by Crippen LogP contribution is -2.33. The predicted molar refractivity (Wildman–Crippen MR) is 72.8 cm³/mol. The molecule has 19 heavy (non-hydrogen) atoms. The first-order chi connectivity index (χ1) is 9.06. The second kappa shape index (κ2) is 5.69. The molecule has 1 unspecified atom stereocenters. The fourth-order valence-corrected chi connectivity index (χ4v) is 1.96. The summed E-state index contributed by atoms with van der Waals surface area (Å²) >= 11 is 0. The molecule has 1 aliphatic rings. The summed E-state index contributed by atoms with van der Waals surface area (Å²) in [5.41, 5.74) is 1.26. The first kappa shape index (κ1) is 13.3. The maximum Gasteiger partial charge on any atom is 0.328 e. The van der Waals surface area contributed by atoms with E-state index in [1.807, 2.05) is 6.92 Å². The number of aliphatic carboxylic acids is 1. The first-order valence-corrected chi connectivity index (χ1v) is 6.38. The van der Waals surface area contributed by atoms with Gasteiger partial charge in [-0.2, -0.15) is 0 Å². The number of nitrogens with one attached hydrogen (secondary N) is 1. The monoisotopic (exact) mass is 259 g/mol. The lowest BCUT2D eigenvalue weighted by molar-refractivity contribution is -0.131. The van der Waals surface area contributed by atoms with Crippen LogP contribution in [0.2, 0.25) is 0 Å². The minimum Gasteiger partial charge on any atom is -0.478 e. The second-order valence-electron chi connectivity index (χ2n) is 4.90. The molecule has 0 saturated heterocycles. The molecule has 0 heterocycles. The highest BCUT2D eigenvalue weighted by Crippen LogP contribution is 2.32. The summed E-state index contributed by atoms with van der Waals surface area (Å²) in [7, 11) is 0. The van der Waals surface area contributed by atoms with Crippen LogP contribution in [0.5, 0.6) is 0 Å². The summed E-state index contributed by atoms with van der Waals surface area (Å²) in [5.74, 6) is -0.499. The Bertz CT molecular complexity index is 518. The third-order valence-electron chi connectivity index (χ3n) is 3.26. The largest absolute Gasteiger partial charge is 0.478 e. The van der Waals surface area contributed by atoms with Crippen LogP contribution in [0.25, 0.3) is 6.08 Å². The Balaban J connectivity index is 2.04. The topological polar surface area (TPSA) is 66.4 Å². The van der Waals surface area contributed by atoms with Gasteiger partial charge in [-0.25, -0.2) is 4.79 Å². The van der Waals surface area contributed by atoms with E-state index >= 15 is 0 Å². The summed E-state index contributed by atoms with van der Waals surface area (Å²) in [5, 5.41) is 11.5. The number of hydrogen-bond acceptors (Lipinski definition) is 2. The smallest absolute Gasteiger partial charge is 0.328 e. The predicted octanol–water partition coefficient (Wildman–Crippen LogP) is 2.31. The zero-order chi connectivity index (χ0) is 13.8. The Hall–Kier alpha value is -2.10. The lowest BCUT2D eigenvalue weighted by atomic mass is 10.1. The van der Waals surface area contributed by atoms with Gasteiger partial charge < -0.3 is 10.4 Å². The fourth-order valence-electron chi connectivity index (χ4n) is 1.96. The molecule has 2 rings (SSSR count). The van der Waals surface area contributed by atoms with E-state index in [0.29, 0.717) is 17.0 Å². The van der Waals surface area contributed by atoms with Crippen LogP contribution in [-0.2, 0) is 4.79 Å². The molecule has 4 nitrogen and oxygen atoms in total. The van der Waals surface area contributed by atoms with Gasteiger partial charge in [-0.1, -0.05) is 12.1 Å². The van der Waals surface area contributed by atoms with Crippen molar-refractivity contribution in [3.8, 4) is 0 Å². The van der Waals surface area contributed by atoms with Gasteiger partial charge in [0.15, 0.2) is 0 Å². The normalized spacial score (nSPS) is 16.3. The number of amides is 1. The number of carboxylic acids is 1. The number of benzene rings is 1. The maximum atomic E-state index is 12.0. The van der Waals surface area contributed by atoms with Crippen LogP contribution in [0.15, 0.2) is 30.3 Å². The number of carbonyl (C=O) groups is 2. The lowest BCUT2D eigenvalue weighted by Gasteiger charge is -2.12. The Morgan fingerprint density at radius 2 is 2.16 bits per heavy atom. The van der Waals surface area contributed by atoms with Crippen LogP contribution in [0.1, 0.15) is 35.7 Å². The molecule has 1 saturated carbocycles. The molecule has 0 bridgehead atoms. The van der Waals surface area contributed by atoms with Crippen molar-refractivity contribution in [2.24, 2.45) is 5.92 Å². The quantitative estimate of drug-likeness (QED) is 0.797. The highest BCUT2D eigenvalue weighted by molar-refractivity contribution is 5.95. The molecule has 2 N–H and O–H groups in total. The zero-order valence-corrected chi connectivity index (χ0v) is 10.8. The van der Waals surface area contributed by atoms with Crippen LogP contribution in [0.4, 0.5) is 0 Å². The SMILES string of the molecule is CC(NC(=O)c1cccc(C=CC(=O)O)c1)C1CC1. The van der Waals surface area contributed by atoms with E-state index < -0.39 is 5.97 Å².